The summed E-state index contributed by atoms with van der Waals surface area (Å²) in [5, 5.41) is 10.3. The molecule has 0 aliphatic rings. The zero-order valence-corrected chi connectivity index (χ0v) is 13.1. The number of benzene rings is 1. The molecule has 0 fully saturated rings. The van der Waals surface area contributed by atoms with Gasteiger partial charge < -0.3 is 5.32 Å². The number of aromatic nitrogens is 3. The van der Waals surface area contributed by atoms with Crippen LogP contribution in [0.4, 0.5) is 4.39 Å². The molecule has 3 rings (SSSR count). The third kappa shape index (κ3) is 3.40. The van der Waals surface area contributed by atoms with Crippen LogP contribution in [-0.4, -0.2) is 21.3 Å². The van der Waals surface area contributed by atoms with Gasteiger partial charge in [-0.2, -0.15) is 5.10 Å². The van der Waals surface area contributed by atoms with Crippen LogP contribution in [0.2, 0.25) is 0 Å². The first-order valence-corrected chi connectivity index (χ1v) is 8.03. The zero-order valence-electron chi connectivity index (χ0n) is 12.2. The molecule has 3 aromatic rings. The lowest BCUT2D eigenvalue weighted by molar-refractivity contribution is 0.502. The van der Waals surface area contributed by atoms with Gasteiger partial charge >= 0.3 is 0 Å². The number of nitrogens with zero attached hydrogens (tertiary/aromatic N) is 3. The summed E-state index contributed by atoms with van der Waals surface area (Å²) in [4.78, 5) is 4.55. The smallest absolute Gasteiger partial charge is 0.133 e. The van der Waals surface area contributed by atoms with Crippen LogP contribution in [-0.2, 0) is 6.54 Å². The Balaban J connectivity index is 1.62. The molecule has 0 saturated carbocycles. The highest BCUT2D eigenvalue weighted by molar-refractivity contribution is 7.13. The standard InChI is InChI=1S/C16H17FN4S/c1-12(18-8-10-21-9-4-7-19-21)15-11-22-16(20-15)13-5-2-3-6-14(13)17/h2-7,9,11-12,18H,8,10H2,1H3. The van der Waals surface area contributed by atoms with Crippen molar-refractivity contribution < 1.29 is 4.39 Å². The summed E-state index contributed by atoms with van der Waals surface area (Å²) >= 11 is 1.47. The predicted octanol–water partition coefficient (Wildman–Crippen LogP) is 3.50. The molecule has 1 N–H and O–H groups in total. The maximum Gasteiger partial charge on any atom is 0.133 e. The molecule has 6 heteroatoms. The van der Waals surface area contributed by atoms with Crippen LogP contribution in [0, 0.1) is 5.82 Å². The average Bonchev–Trinajstić information content (AvgIpc) is 3.19. The molecule has 0 spiro atoms. The van der Waals surface area contributed by atoms with Gasteiger partial charge in [0.1, 0.15) is 10.8 Å². The molecule has 0 aliphatic heterocycles. The van der Waals surface area contributed by atoms with Gasteiger partial charge in [0.05, 0.1) is 12.2 Å². The molecule has 0 bridgehead atoms. The normalized spacial score (nSPS) is 12.5. The minimum absolute atomic E-state index is 0.118. The number of hydrogen-bond donors (Lipinski definition) is 1. The molecule has 2 aromatic heterocycles. The van der Waals surface area contributed by atoms with E-state index in [0.717, 1.165) is 18.8 Å². The predicted molar refractivity (Wildman–Crippen MR) is 86.2 cm³/mol. The fourth-order valence-electron chi connectivity index (χ4n) is 2.18. The van der Waals surface area contributed by atoms with Crippen LogP contribution in [0.5, 0.6) is 0 Å². The second kappa shape index (κ2) is 6.81. The molecule has 22 heavy (non-hydrogen) atoms. The number of nitrogens with one attached hydrogen (secondary N) is 1. The van der Waals surface area contributed by atoms with Crippen LogP contribution < -0.4 is 5.32 Å². The van der Waals surface area contributed by atoms with Gasteiger partial charge in [0.25, 0.3) is 0 Å². The maximum absolute atomic E-state index is 13.8. The van der Waals surface area contributed by atoms with Crippen molar-refractivity contribution in [1.82, 2.24) is 20.1 Å². The van der Waals surface area contributed by atoms with Gasteiger partial charge in [-0.3, -0.25) is 4.68 Å². The number of thiazole rings is 1. The third-order valence-corrected chi connectivity index (χ3v) is 4.31. The van der Waals surface area contributed by atoms with Gasteiger partial charge in [-0.05, 0) is 25.1 Å². The quantitative estimate of drug-likeness (QED) is 0.757. The first-order valence-electron chi connectivity index (χ1n) is 7.15. The molecule has 114 valence electrons. The minimum atomic E-state index is -0.234. The number of halogens is 1. The first-order chi connectivity index (χ1) is 10.7. The maximum atomic E-state index is 13.8. The van der Waals surface area contributed by atoms with Gasteiger partial charge in [-0.25, -0.2) is 9.37 Å². The SMILES string of the molecule is CC(NCCn1cccn1)c1csc(-c2ccccc2F)n1. The van der Waals surface area contributed by atoms with Crippen molar-refractivity contribution in [2.24, 2.45) is 0 Å². The Morgan fingerprint density at radius 3 is 2.95 bits per heavy atom. The van der Waals surface area contributed by atoms with E-state index in [1.165, 1.54) is 17.4 Å². The topological polar surface area (TPSA) is 42.7 Å². The molecule has 0 amide bonds. The average molecular weight is 316 g/mol. The van der Waals surface area contributed by atoms with Crippen molar-refractivity contribution in [3.63, 3.8) is 0 Å². The lowest BCUT2D eigenvalue weighted by Crippen LogP contribution is -2.23. The molecular weight excluding hydrogens is 299 g/mol. The van der Waals surface area contributed by atoms with Crippen molar-refractivity contribution >= 4 is 11.3 Å². The largest absolute Gasteiger partial charge is 0.307 e. The highest BCUT2D eigenvalue weighted by Gasteiger charge is 2.12. The molecular formula is C16H17FN4S. The van der Waals surface area contributed by atoms with Gasteiger partial charge in [0.2, 0.25) is 0 Å². The minimum Gasteiger partial charge on any atom is -0.307 e. The first kappa shape index (κ1) is 14.9. The fourth-order valence-corrected chi connectivity index (χ4v) is 3.12. The van der Waals surface area contributed by atoms with E-state index in [1.54, 1.807) is 18.3 Å². The molecule has 1 unspecified atom stereocenters. The number of rotatable bonds is 6. The highest BCUT2D eigenvalue weighted by Crippen LogP contribution is 2.27. The Kier molecular flexibility index (Phi) is 4.60. The molecule has 1 atom stereocenters. The molecule has 2 heterocycles. The molecule has 4 nitrogen and oxygen atoms in total. The van der Waals surface area contributed by atoms with E-state index in [1.807, 2.05) is 28.4 Å². The van der Waals surface area contributed by atoms with Crippen LogP contribution in [0.3, 0.4) is 0 Å². The van der Waals surface area contributed by atoms with Crippen molar-refractivity contribution in [2.75, 3.05) is 6.54 Å². The number of hydrogen-bond acceptors (Lipinski definition) is 4. The van der Waals surface area contributed by atoms with Crippen molar-refractivity contribution in [3.8, 4) is 10.6 Å². The highest BCUT2D eigenvalue weighted by atomic mass is 32.1. The van der Waals surface area contributed by atoms with Crippen LogP contribution in [0.25, 0.3) is 10.6 Å². The second-order valence-corrected chi connectivity index (χ2v) is 5.86. The summed E-state index contributed by atoms with van der Waals surface area (Å²) in [6.07, 6.45) is 3.70. The summed E-state index contributed by atoms with van der Waals surface area (Å²) in [5.41, 5.74) is 1.49. The van der Waals surface area contributed by atoms with E-state index in [4.69, 9.17) is 0 Å². The lowest BCUT2D eigenvalue weighted by atomic mass is 10.2. The summed E-state index contributed by atoms with van der Waals surface area (Å²) < 4.78 is 15.7. The van der Waals surface area contributed by atoms with E-state index >= 15 is 0 Å². The van der Waals surface area contributed by atoms with Crippen LogP contribution in [0.1, 0.15) is 18.7 Å². The zero-order chi connectivity index (χ0) is 15.4. The Hall–Kier alpha value is -2.05. The monoisotopic (exact) mass is 316 g/mol. The molecule has 0 saturated heterocycles. The van der Waals surface area contributed by atoms with Crippen LogP contribution >= 0.6 is 11.3 Å². The summed E-state index contributed by atoms with van der Waals surface area (Å²) in [7, 11) is 0. The molecule has 1 aromatic carbocycles. The Labute approximate surface area is 132 Å². The van der Waals surface area contributed by atoms with Crippen molar-refractivity contribution in [2.45, 2.75) is 19.5 Å². The van der Waals surface area contributed by atoms with Gasteiger partial charge in [-0.1, -0.05) is 12.1 Å². The Morgan fingerprint density at radius 2 is 2.18 bits per heavy atom. The van der Waals surface area contributed by atoms with E-state index < -0.39 is 0 Å². The second-order valence-electron chi connectivity index (χ2n) is 5.00. The molecule has 0 radical (unpaired) electrons. The summed E-state index contributed by atoms with van der Waals surface area (Å²) in [6, 6.07) is 8.76. The lowest BCUT2D eigenvalue weighted by Gasteiger charge is -2.11. The van der Waals surface area contributed by atoms with E-state index in [9.17, 15) is 4.39 Å². The Morgan fingerprint density at radius 1 is 1.32 bits per heavy atom. The van der Waals surface area contributed by atoms with E-state index in [-0.39, 0.29) is 11.9 Å². The van der Waals surface area contributed by atoms with Crippen molar-refractivity contribution in [3.05, 3.63) is 59.6 Å². The van der Waals surface area contributed by atoms with Gasteiger partial charge in [0.15, 0.2) is 0 Å². The van der Waals surface area contributed by atoms with E-state index in [2.05, 4.69) is 22.3 Å². The van der Waals surface area contributed by atoms with Gasteiger partial charge in [0, 0.05) is 35.9 Å². The van der Waals surface area contributed by atoms with Crippen LogP contribution in [0.15, 0.2) is 48.1 Å². The van der Waals surface area contributed by atoms with Gasteiger partial charge in [-0.15, -0.1) is 11.3 Å². The summed E-state index contributed by atoms with van der Waals surface area (Å²) in [5.74, 6) is -0.234. The van der Waals surface area contributed by atoms with E-state index in [0.29, 0.717) is 10.6 Å². The summed E-state index contributed by atoms with van der Waals surface area (Å²) in [6.45, 7) is 3.67. The Bertz CT molecular complexity index is 723. The van der Waals surface area contributed by atoms with Crippen molar-refractivity contribution in [1.29, 1.82) is 0 Å². The fraction of sp³-hybridized carbons (Fsp3) is 0.250. The third-order valence-electron chi connectivity index (χ3n) is 3.42. The molecule has 0 aliphatic carbocycles.